The first-order valence-electron chi connectivity index (χ1n) is 10.5. The third kappa shape index (κ3) is 4.60. The number of methoxy groups -OCH3 is 1. The summed E-state index contributed by atoms with van der Waals surface area (Å²) >= 11 is 8.90. The van der Waals surface area contributed by atoms with Crippen LogP contribution in [0.1, 0.15) is 10.4 Å². The molecular weight excluding hydrogens is 533 g/mol. The summed E-state index contributed by atoms with van der Waals surface area (Å²) in [7, 11) is 1.51. The lowest BCUT2D eigenvalue weighted by molar-refractivity contribution is 0.0975. The molecule has 4 aromatic carbocycles. The van der Waals surface area contributed by atoms with E-state index < -0.39 is 5.91 Å². The van der Waals surface area contributed by atoms with E-state index in [1.165, 1.54) is 19.2 Å². The van der Waals surface area contributed by atoms with Crippen LogP contribution in [0.5, 0.6) is 5.75 Å². The van der Waals surface area contributed by atoms with E-state index in [1.807, 2.05) is 24.3 Å². The summed E-state index contributed by atoms with van der Waals surface area (Å²) in [6.45, 7) is 0. The molecule has 0 aliphatic heterocycles. The van der Waals surface area contributed by atoms with Crippen LogP contribution < -0.4 is 15.4 Å². The molecule has 0 saturated heterocycles. The number of nitrogens with zero attached hydrogens (tertiary/aromatic N) is 1. The molecule has 5 rings (SSSR count). The highest BCUT2D eigenvalue weighted by atomic mass is 79.9. The van der Waals surface area contributed by atoms with Crippen LogP contribution in [0.4, 0.5) is 10.1 Å². The molecule has 0 atom stereocenters. The minimum Gasteiger partial charge on any atom is -0.495 e. The standard InChI is InChI=1S/C26H17BrFN3O3S/c1-33-23-19(12-15-4-2-3-5-18(15)22(23)27)24(32)31-26(35)29-17-10-11-21-20(13-17)30-25(34-21)14-6-8-16(28)9-7-14/h2-13H,1H3,(H2,29,31,32,35). The van der Waals surface area contributed by atoms with Crippen molar-refractivity contribution in [2.75, 3.05) is 12.4 Å². The number of rotatable bonds is 4. The number of ether oxygens (including phenoxy) is 1. The molecule has 174 valence electrons. The van der Waals surface area contributed by atoms with Gasteiger partial charge < -0.3 is 14.5 Å². The van der Waals surface area contributed by atoms with Crippen LogP contribution in [0.25, 0.3) is 33.3 Å². The van der Waals surface area contributed by atoms with Gasteiger partial charge in [0.05, 0.1) is 17.1 Å². The van der Waals surface area contributed by atoms with E-state index in [4.69, 9.17) is 21.4 Å². The van der Waals surface area contributed by atoms with Crippen LogP contribution in [-0.4, -0.2) is 23.1 Å². The van der Waals surface area contributed by atoms with E-state index >= 15 is 0 Å². The van der Waals surface area contributed by atoms with Crippen molar-refractivity contribution in [2.24, 2.45) is 0 Å². The van der Waals surface area contributed by atoms with E-state index in [-0.39, 0.29) is 10.9 Å². The molecule has 1 aromatic heterocycles. The van der Waals surface area contributed by atoms with Gasteiger partial charge in [-0.05, 0) is 87.5 Å². The van der Waals surface area contributed by atoms with Gasteiger partial charge in [0.25, 0.3) is 5.91 Å². The molecule has 0 radical (unpaired) electrons. The lowest BCUT2D eigenvalue weighted by atomic mass is 10.1. The maximum Gasteiger partial charge on any atom is 0.261 e. The number of amides is 1. The number of nitrogens with one attached hydrogen (secondary N) is 2. The van der Waals surface area contributed by atoms with Gasteiger partial charge in [-0.25, -0.2) is 9.37 Å². The third-order valence-electron chi connectivity index (χ3n) is 5.35. The maximum atomic E-state index is 13.2. The van der Waals surface area contributed by atoms with Crippen molar-refractivity contribution < 1.29 is 18.3 Å². The van der Waals surface area contributed by atoms with Crippen LogP contribution in [0.3, 0.4) is 0 Å². The summed E-state index contributed by atoms with van der Waals surface area (Å²) in [5.41, 5.74) is 2.78. The molecule has 6 nitrogen and oxygen atoms in total. The van der Waals surface area contributed by atoms with Gasteiger partial charge in [-0.3, -0.25) is 10.1 Å². The summed E-state index contributed by atoms with van der Waals surface area (Å²) in [6, 6.07) is 20.6. The van der Waals surface area contributed by atoms with Crippen LogP contribution in [0.2, 0.25) is 0 Å². The smallest absolute Gasteiger partial charge is 0.261 e. The Labute approximate surface area is 213 Å². The monoisotopic (exact) mass is 549 g/mol. The van der Waals surface area contributed by atoms with Gasteiger partial charge in [-0.15, -0.1) is 0 Å². The van der Waals surface area contributed by atoms with Gasteiger partial charge in [-0.1, -0.05) is 24.3 Å². The lowest BCUT2D eigenvalue weighted by Gasteiger charge is -2.14. The molecule has 5 aromatic rings. The summed E-state index contributed by atoms with van der Waals surface area (Å²) in [4.78, 5) is 17.5. The Morgan fingerprint density at radius 3 is 2.63 bits per heavy atom. The van der Waals surface area contributed by atoms with Crippen molar-refractivity contribution in [1.82, 2.24) is 10.3 Å². The molecule has 0 spiro atoms. The Morgan fingerprint density at radius 1 is 1.09 bits per heavy atom. The summed E-state index contributed by atoms with van der Waals surface area (Å²) in [6.07, 6.45) is 0. The molecule has 35 heavy (non-hydrogen) atoms. The zero-order valence-corrected chi connectivity index (χ0v) is 20.7. The number of thiocarbonyl (C=S) groups is 1. The second kappa shape index (κ2) is 9.44. The average Bonchev–Trinajstić information content (AvgIpc) is 3.27. The highest BCUT2D eigenvalue weighted by Crippen LogP contribution is 2.36. The summed E-state index contributed by atoms with van der Waals surface area (Å²) in [5, 5.41) is 7.63. The zero-order valence-electron chi connectivity index (χ0n) is 18.3. The van der Waals surface area contributed by atoms with E-state index in [0.29, 0.717) is 44.0 Å². The predicted molar refractivity (Wildman–Crippen MR) is 141 cm³/mol. The predicted octanol–water partition coefficient (Wildman–Crippen LogP) is 6.69. The van der Waals surface area contributed by atoms with Gasteiger partial charge in [0.1, 0.15) is 17.1 Å². The van der Waals surface area contributed by atoms with Crippen molar-refractivity contribution in [3.8, 4) is 17.2 Å². The Balaban J connectivity index is 1.35. The highest BCUT2D eigenvalue weighted by molar-refractivity contribution is 9.10. The van der Waals surface area contributed by atoms with Crippen molar-refractivity contribution in [2.45, 2.75) is 0 Å². The minimum atomic E-state index is -0.410. The fraction of sp³-hybridized carbons (Fsp3) is 0.0385. The number of aromatic nitrogens is 1. The van der Waals surface area contributed by atoms with Crippen molar-refractivity contribution in [1.29, 1.82) is 0 Å². The van der Waals surface area contributed by atoms with Crippen molar-refractivity contribution in [3.63, 3.8) is 0 Å². The number of halogens is 2. The molecular formula is C26H17BrFN3O3S. The molecule has 2 N–H and O–H groups in total. The first-order valence-corrected chi connectivity index (χ1v) is 11.7. The van der Waals surface area contributed by atoms with Gasteiger partial charge in [0, 0.05) is 11.3 Å². The van der Waals surface area contributed by atoms with Gasteiger partial charge in [0.2, 0.25) is 5.89 Å². The molecule has 0 aliphatic carbocycles. The minimum absolute atomic E-state index is 0.114. The van der Waals surface area contributed by atoms with Crippen LogP contribution >= 0.6 is 28.1 Å². The number of benzene rings is 4. The van der Waals surface area contributed by atoms with E-state index in [1.54, 1.807) is 36.4 Å². The van der Waals surface area contributed by atoms with Crippen molar-refractivity contribution >= 4 is 66.7 Å². The van der Waals surface area contributed by atoms with E-state index in [0.717, 1.165) is 10.8 Å². The van der Waals surface area contributed by atoms with E-state index in [2.05, 4.69) is 31.5 Å². The largest absolute Gasteiger partial charge is 0.495 e. The van der Waals surface area contributed by atoms with Crippen molar-refractivity contribution in [3.05, 3.63) is 88.6 Å². The quantitative estimate of drug-likeness (QED) is 0.243. The van der Waals surface area contributed by atoms with Crippen LogP contribution in [-0.2, 0) is 0 Å². The summed E-state index contributed by atoms with van der Waals surface area (Å²) in [5.74, 6) is 0.0517. The summed E-state index contributed by atoms with van der Waals surface area (Å²) < 4.78 is 25.1. The topological polar surface area (TPSA) is 76.4 Å². The fourth-order valence-corrected chi connectivity index (χ4v) is 4.65. The molecule has 0 fully saturated rings. The van der Waals surface area contributed by atoms with Gasteiger partial charge in [0.15, 0.2) is 10.7 Å². The molecule has 9 heteroatoms. The molecule has 0 bridgehead atoms. The third-order valence-corrected chi connectivity index (χ3v) is 6.34. The zero-order chi connectivity index (χ0) is 24.5. The fourth-order valence-electron chi connectivity index (χ4n) is 3.71. The number of hydrogen-bond donors (Lipinski definition) is 2. The number of anilines is 1. The van der Waals surface area contributed by atoms with Gasteiger partial charge in [-0.2, -0.15) is 0 Å². The molecule has 0 saturated carbocycles. The number of oxazole rings is 1. The number of fused-ring (bicyclic) bond motifs is 2. The van der Waals surface area contributed by atoms with Crippen LogP contribution in [0.15, 0.2) is 81.7 Å². The number of carbonyl (C=O) groups excluding carboxylic acids is 1. The Hall–Kier alpha value is -3.82. The highest BCUT2D eigenvalue weighted by Gasteiger charge is 2.19. The van der Waals surface area contributed by atoms with E-state index in [9.17, 15) is 9.18 Å². The first-order chi connectivity index (χ1) is 16.9. The normalized spacial score (nSPS) is 10.9. The molecule has 0 aliphatic rings. The Bertz CT molecular complexity index is 1600. The second-order valence-electron chi connectivity index (χ2n) is 7.61. The lowest BCUT2D eigenvalue weighted by Crippen LogP contribution is -2.34. The average molecular weight is 550 g/mol. The second-order valence-corrected chi connectivity index (χ2v) is 8.81. The number of hydrogen-bond acceptors (Lipinski definition) is 5. The SMILES string of the molecule is COc1c(C(=O)NC(=S)Nc2ccc3oc(-c4ccc(F)cc4)nc3c2)cc2ccccc2c1Br. The maximum absolute atomic E-state index is 13.2. The van der Waals surface area contributed by atoms with Gasteiger partial charge >= 0.3 is 0 Å². The molecule has 0 unspecified atom stereocenters. The van der Waals surface area contributed by atoms with Crippen LogP contribution in [0, 0.1) is 5.82 Å². The molecule has 1 amide bonds. The number of carbonyl (C=O) groups is 1. The molecule has 1 heterocycles. The Kier molecular flexibility index (Phi) is 6.19. The Morgan fingerprint density at radius 2 is 1.86 bits per heavy atom. The first kappa shape index (κ1) is 22.9.